The van der Waals surface area contributed by atoms with Gasteiger partial charge in [-0.3, -0.25) is 14.4 Å². The maximum absolute atomic E-state index is 13.0. The summed E-state index contributed by atoms with van der Waals surface area (Å²) in [6.07, 6.45) is 2.12. The van der Waals surface area contributed by atoms with Crippen molar-refractivity contribution < 1.29 is 19.5 Å². The molecule has 7 nitrogen and oxygen atoms in total. The molecule has 3 amide bonds. The first-order valence-corrected chi connectivity index (χ1v) is 10.1. The number of piperidine rings is 1. The predicted octanol–water partition coefficient (Wildman–Crippen LogP) is 2.37. The third-order valence-corrected chi connectivity index (χ3v) is 5.38. The quantitative estimate of drug-likeness (QED) is 0.651. The van der Waals surface area contributed by atoms with Crippen molar-refractivity contribution in [3.63, 3.8) is 0 Å². The number of phenolic OH excluding ortho intramolecular Hbond substituents is 1. The van der Waals surface area contributed by atoms with Crippen LogP contribution < -0.4 is 11.1 Å². The number of likely N-dealkylation sites (tertiary alicyclic amines) is 1. The minimum Gasteiger partial charge on any atom is -0.508 e. The highest BCUT2D eigenvalue weighted by molar-refractivity contribution is 5.95. The fraction of sp³-hybridized carbons (Fsp3) is 0.348. The number of hydrogen-bond acceptors (Lipinski definition) is 4. The molecule has 4 N–H and O–H groups in total. The normalized spacial score (nSPS) is 17.2. The maximum Gasteiger partial charge on any atom is 0.251 e. The van der Waals surface area contributed by atoms with E-state index in [2.05, 4.69) is 5.32 Å². The standard InChI is InChI=1S/C23H27N3O4/c24-21(28)13-16-5-4-12-26(15-16)22(29)14-20(17-6-2-1-3-7-17)25-23(30)18-8-10-19(27)11-9-18/h1-3,6-11,16,20,27H,4-5,12-15H2,(H2,24,28)(H,25,30). The van der Waals surface area contributed by atoms with E-state index in [1.54, 1.807) is 4.90 Å². The van der Waals surface area contributed by atoms with Crippen molar-refractivity contribution in [3.8, 4) is 5.75 Å². The molecular formula is C23H27N3O4. The number of carbonyl (C=O) groups excluding carboxylic acids is 3. The molecule has 1 saturated heterocycles. The summed E-state index contributed by atoms with van der Waals surface area (Å²) in [6.45, 7) is 1.15. The van der Waals surface area contributed by atoms with Crippen LogP contribution >= 0.6 is 0 Å². The van der Waals surface area contributed by atoms with Crippen molar-refractivity contribution in [1.29, 1.82) is 0 Å². The number of aromatic hydroxyl groups is 1. The average molecular weight is 409 g/mol. The van der Waals surface area contributed by atoms with Gasteiger partial charge in [-0.15, -0.1) is 0 Å². The number of benzene rings is 2. The van der Waals surface area contributed by atoms with E-state index >= 15 is 0 Å². The van der Waals surface area contributed by atoms with Gasteiger partial charge in [-0.1, -0.05) is 30.3 Å². The second kappa shape index (κ2) is 9.91. The largest absolute Gasteiger partial charge is 0.508 e. The Labute approximate surface area is 175 Å². The number of nitrogens with two attached hydrogens (primary N) is 1. The molecule has 2 unspecified atom stereocenters. The first-order chi connectivity index (χ1) is 14.4. The van der Waals surface area contributed by atoms with Crippen molar-refractivity contribution in [1.82, 2.24) is 10.2 Å². The van der Waals surface area contributed by atoms with E-state index in [0.717, 1.165) is 18.4 Å². The Balaban J connectivity index is 1.71. The molecule has 1 heterocycles. The Bertz CT molecular complexity index is 883. The lowest BCUT2D eigenvalue weighted by Crippen LogP contribution is -2.42. The molecule has 0 saturated carbocycles. The molecule has 1 aliphatic rings. The average Bonchev–Trinajstić information content (AvgIpc) is 2.74. The molecule has 1 aliphatic heterocycles. The first-order valence-electron chi connectivity index (χ1n) is 10.1. The highest BCUT2D eigenvalue weighted by Gasteiger charge is 2.27. The van der Waals surface area contributed by atoms with Crippen LogP contribution in [0, 0.1) is 5.92 Å². The van der Waals surface area contributed by atoms with Crippen LogP contribution in [-0.2, 0) is 9.59 Å². The van der Waals surface area contributed by atoms with Gasteiger partial charge in [0, 0.05) is 25.1 Å². The fourth-order valence-electron chi connectivity index (χ4n) is 3.84. The zero-order valence-electron chi connectivity index (χ0n) is 16.8. The minimum atomic E-state index is -0.489. The molecule has 7 heteroatoms. The van der Waals surface area contributed by atoms with Gasteiger partial charge < -0.3 is 21.1 Å². The number of nitrogens with one attached hydrogen (secondary N) is 1. The third kappa shape index (κ3) is 5.83. The third-order valence-electron chi connectivity index (χ3n) is 5.38. The van der Waals surface area contributed by atoms with Crippen molar-refractivity contribution in [2.45, 2.75) is 31.7 Å². The number of primary amides is 1. The first kappa shape index (κ1) is 21.4. The molecule has 2 aromatic rings. The lowest BCUT2D eigenvalue weighted by atomic mass is 9.93. The van der Waals surface area contributed by atoms with Crippen LogP contribution in [0.5, 0.6) is 5.75 Å². The molecule has 30 heavy (non-hydrogen) atoms. The van der Waals surface area contributed by atoms with E-state index in [-0.39, 0.29) is 42.2 Å². The Kier molecular flexibility index (Phi) is 7.06. The summed E-state index contributed by atoms with van der Waals surface area (Å²) in [5, 5.41) is 12.4. The van der Waals surface area contributed by atoms with Gasteiger partial charge in [0.05, 0.1) is 12.5 Å². The van der Waals surface area contributed by atoms with E-state index in [9.17, 15) is 19.5 Å². The number of hydrogen-bond donors (Lipinski definition) is 3. The summed E-state index contributed by atoms with van der Waals surface area (Å²) in [6, 6.07) is 14.8. The fourth-order valence-corrected chi connectivity index (χ4v) is 3.84. The number of nitrogens with zero attached hydrogens (tertiary/aromatic N) is 1. The van der Waals surface area contributed by atoms with Gasteiger partial charge in [-0.05, 0) is 48.6 Å². The van der Waals surface area contributed by atoms with E-state index in [1.807, 2.05) is 30.3 Å². The Hall–Kier alpha value is -3.35. The summed E-state index contributed by atoms with van der Waals surface area (Å²) < 4.78 is 0. The van der Waals surface area contributed by atoms with Gasteiger partial charge in [0.25, 0.3) is 5.91 Å². The van der Waals surface area contributed by atoms with E-state index in [0.29, 0.717) is 18.7 Å². The summed E-state index contributed by atoms with van der Waals surface area (Å²) >= 11 is 0. The lowest BCUT2D eigenvalue weighted by Gasteiger charge is -2.33. The minimum absolute atomic E-state index is 0.0657. The Morgan fingerprint density at radius 3 is 2.47 bits per heavy atom. The molecule has 0 spiro atoms. The molecular weight excluding hydrogens is 382 g/mol. The topological polar surface area (TPSA) is 113 Å². The number of amides is 3. The van der Waals surface area contributed by atoms with Crippen LogP contribution in [-0.4, -0.2) is 40.8 Å². The summed E-state index contributed by atoms with van der Waals surface area (Å²) in [5.41, 5.74) is 6.56. The van der Waals surface area contributed by atoms with Gasteiger partial charge in [-0.25, -0.2) is 0 Å². The highest BCUT2D eigenvalue weighted by atomic mass is 16.3. The summed E-state index contributed by atoms with van der Waals surface area (Å²) in [7, 11) is 0. The SMILES string of the molecule is NC(=O)CC1CCCN(C(=O)CC(NC(=O)c2ccc(O)cc2)c2ccccc2)C1. The van der Waals surface area contributed by atoms with Crippen molar-refractivity contribution in [3.05, 3.63) is 65.7 Å². The van der Waals surface area contributed by atoms with Crippen molar-refractivity contribution in [2.75, 3.05) is 13.1 Å². The van der Waals surface area contributed by atoms with Crippen molar-refractivity contribution >= 4 is 17.7 Å². The molecule has 0 radical (unpaired) electrons. The molecule has 0 aromatic heterocycles. The predicted molar refractivity (Wildman–Crippen MR) is 112 cm³/mol. The summed E-state index contributed by atoms with van der Waals surface area (Å²) in [4.78, 5) is 38.7. The number of carbonyl (C=O) groups is 3. The van der Waals surface area contributed by atoms with Crippen LogP contribution in [0.25, 0.3) is 0 Å². The van der Waals surface area contributed by atoms with E-state index in [4.69, 9.17) is 5.73 Å². The molecule has 2 aromatic carbocycles. The van der Waals surface area contributed by atoms with Crippen LogP contribution in [0.15, 0.2) is 54.6 Å². The number of rotatable bonds is 7. The summed E-state index contributed by atoms with van der Waals surface area (Å²) in [5.74, 6) is -0.567. The van der Waals surface area contributed by atoms with Crippen LogP contribution in [0.3, 0.4) is 0 Å². The second-order valence-electron chi connectivity index (χ2n) is 7.71. The van der Waals surface area contributed by atoms with Gasteiger partial charge >= 0.3 is 0 Å². The molecule has 0 aliphatic carbocycles. The molecule has 0 bridgehead atoms. The van der Waals surface area contributed by atoms with Gasteiger partial charge in [0.1, 0.15) is 5.75 Å². The monoisotopic (exact) mass is 409 g/mol. The number of phenols is 1. The van der Waals surface area contributed by atoms with Crippen LogP contribution in [0.1, 0.15) is 47.6 Å². The van der Waals surface area contributed by atoms with Crippen molar-refractivity contribution in [2.24, 2.45) is 11.7 Å². The zero-order valence-corrected chi connectivity index (χ0v) is 16.8. The molecule has 1 fully saturated rings. The van der Waals surface area contributed by atoms with Gasteiger partial charge in [0.15, 0.2) is 0 Å². The lowest BCUT2D eigenvalue weighted by molar-refractivity contribution is -0.134. The van der Waals surface area contributed by atoms with Crippen LogP contribution in [0.4, 0.5) is 0 Å². The van der Waals surface area contributed by atoms with E-state index in [1.165, 1.54) is 24.3 Å². The van der Waals surface area contributed by atoms with Crippen LogP contribution in [0.2, 0.25) is 0 Å². The van der Waals surface area contributed by atoms with Gasteiger partial charge in [0.2, 0.25) is 11.8 Å². The maximum atomic E-state index is 13.0. The molecule has 158 valence electrons. The Morgan fingerprint density at radius 1 is 1.10 bits per heavy atom. The smallest absolute Gasteiger partial charge is 0.251 e. The van der Waals surface area contributed by atoms with Gasteiger partial charge in [-0.2, -0.15) is 0 Å². The zero-order chi connectivity index (χ0) is 21.5. The molecule has 3 rings (SSSR count). The van der Waals surface area contributed by atoms with E-state index < -0.39 is 6.04 Å². The second-order valence-corrected chi connectivity index (χ2v) is 7.71. The highest BCUT2D eigenvalue weighted by Crippen LogP contribution is 2.24. The Morgan fingerprint density at radius 2 is 1.80 bits per heavy atom. The molecule has 2 atom stereocenters.